The summed E-state index contributed by atoms with van der Waals surface area (Å²) in [6.45, 7) is 5.21. The smallest absolute Gasteiger partial charge is 0.267 e. The molecule has 0 bridgehead atoms. The van der Waals surface area contributed by atoms with Crippen LogP contribution in [-0.2, 0) is 10.1 Å². The minimum absolute atomic E-state index is 0.301. The van der Waals surface area contributed by atoms with E-state index < -0.39 is 15.7 Å². The minimum Gasteiger partial charge on any atom is -0.385 e. The van der Waals surface area contributed by atoms with E-state index in [0.29, 0.717) is 0 Å². The Balaban J connectivity index is 4.23. The molecule has 72 valence electrons. The van der Waals surface area contributed by atoms with E-state index in [9.17, 15) is 8.42 Å². The minimum atomic E-state index is -3.91. The first-order valence-electron chi connectivity index (χ1n) is 3.61. The number of rotatable bonds is 4. The molecule has 0 aliphatic rings. The zero-order valence-corrected chi connectivity index (χ0v) is 8.35. The van der Waals surface area contributed by atoms with Crippen molar-refractivity contribution < 1.29 is 13.0 Å². The topological polar surface area (TPSA) is 66.4 Å². The Hall–Kier alpha value is -0.550. The number of hydrogen-bond donors (Lipinski definition) is 2. The van der Waals surface area contributed by atoms with E-state index in [1.165, 1.54) is 0 Å². The van der Waals surface area contributed by atoms with Crippen LogP contribution in [-0.4, -0.2) is 24.3 Å². The fourth-order valence-corrected chi connectivity index (χ4v) is 1.80. The molecule has 0 unspecified atom stereocenters. The van der Waals surface area contributed by atoms with E-state index in [0.717, 1.165) is 0 Å². The van der Waals surface area contributed by atoms with Crippen LogP contribution in [0.3, 0.4) is 0 Å². The lowest BCUT2D eigenvalue weighted by atomic mass is 10.1. The van der Waals surface area contributed by atoms with Crippen LogP contribution in [0.15, 0.2) is 12.3 Å². The Morgan fingerprint density at radius 2 is 2.00 bits per heavy atom. The number of nitrogens with one attached hydrogen (secondary N) is 1. The van der Waals surface area contributed by atoms with E-state index in [1.807, 2.05) is 6.92 Å². The van der Waals surface area contributed by atoms with Gasteiger partial charge in [-0.3, -0.25) is 4.55 Å². The van der Waals surface area contributed by atoms with Crippen LogP contribution >= 0.6 is 0 Å². The van der Waals surface area contributed by atoms with Gasteiger partial charge >= 0.3 is 0 Å². The summed E-state index contributed by atoms with van der Waals surface area (Å²) in [7, 11) is -3.91. The van der Waals surface area contributed by atoms with Crippen molar-refractivity contribution in [1.82, 2.24) is 5.32 Å². The molecule has 0 aromatic rings. The second-order valence-electron chi connectivity index (χ2n) is 3.25. The third-order valence-electron chi connectivity index (χ3n) is 1.18. The van der Waals surface area contributed by atoms with Crippen molar-refractivity contribution in [2.75, 3.05) is 5.75 Å². The molecule has 0 spiro atoms. The first kappa shape index (κ1) is 11.4. The van der Waals surface area contributed by atoms with Gasteiger partial charge in [0.25, 0.3) is 10.1 Å². The molecule has 0 aliphatic heterocycles. The first-order chi connectivity index (χ1) is 5.27. The Labute approximate surface area is 73.4 Å². The van der Waals surface area contributed by atoms with Gasteiger partial charge in [0.2, 0.25) is 0 Å². The maximum Gasteiger partial charge on any atom is 0.267 e. The number of allylic oxidation sites excluding steroid dienone is 1. The summed E-state index contributed by atoms with van der Waals surface area (Å²) in [6.07, 6.45) is 3.40. The van der Waals surface area contributed by atoms with E-state index in [-0.39, 0.29) is 5.75 Å². The molecule has 0 aromatic heterocycles. The van der Waals surface area contributed by atoms with Crippen molar-refractivity contribution in [3.63, 3.8) is 0 Å². The molecular formula is C7H15NO3S. The second-order valence-corrected chi connectivity index (χ2v) is 4.71. The average molecular weight is 193 g/mol. The SMILES string of the molecule is CC=CNC(C)(C)CS(=O)(=O)O. The van der Waals surface area contributed by atoms with Gasteiger partial charge in [0.15, 0.2) is 0 Å². The lowest BCUT2D eigenvalue weighted by molar-refractivity contribution is 0.437. The predicted molar refractivity (Wildman–Crippen MR) is 48.4 cm³/mol. The van der Waals surface area contributed by atoms with Crippen molar-refractivity contribution in [2.24, 2.45) is 0 Å². The molecule has 0 aliphatic carbocycles. The van der Waals surface area contributed by atoms with Crippen molar-refractivity contribution in [3.8, 4) is 0 Å². The quantitative estimate of drug-likeness (QED) is 0.647. The zero-order valence-electron chi connectivity index (χ0n) is 7.53. The van der Waals surface area contributed by atoms with Gasteiger partial charge in [-0.15, -0.1) is 0 Å². The molecule has 0 saturated heterocycles. The Morgan fingerprint density at radius 1 is 1.50 bits per heavy atom. The predicted octanol–water partition coefficient (Wildman–Crippen LogP) is 0.776. The maximum atomic E-state index is 10.5. The first-order valence-corrected chi connectivity index (χ1v) is 5.22. The largest absolute Gasteiger partial charge is 0.385 e. The fourth-order valence-electron chi connectivity index (χ4n) is 0.807. The number of hydrogen-bond acceptors (Lipinski definition) is 3. The summed E-state index contributed by atoms with van der Waals surface area (Å²) in [4.78, 5) is 0. The van der Waals surface area contributed by atoms with Gasteiger partial charge in [-0.05, 0) is 27.0 Å². The summed E-state index contributed by atoms with van der Waals surface area (Å²) in [5.74, 6) is -0.301. The summed E-state index contributed by atoms with van der Waals surface area (Å²) < 4.78 is 29.6. The fraction of sp³-hybridized carbons (Fsp3) is 0.714. The summed E-state index contributed by atoms with van der Waals surface area (Å²) >= 11 is 0. The lowest BCUT2D eigenvalue weighted by Gasteiger charge is -2.23. The van der Waals surface area contributed by atoms with Crippen LogP contribution in [0.5, 0.6) is 0 Å². The Morgan fingerprint density at radius 3 is 2.33 bits per heavy atom. The van der Waals surface area contributed by atoms with Crippen molar-refractivity contribution in [1.29, 1.82) is 0 Å². The van der Waals surface area contributed by atoms with Gasteiger partial charge in [-0.2, -0.15) is 8.42 Å². The van der Waals surface area contributed by atoms with Crippen molar-refractivity contribution >= 4 is 10.1 Å². The molecule has 0 atom stereocenters. The average Bonchev–Trinajstić information content (AvgIpc) is 1.78. The third-order valence-corrected chi connectivity index (χ3v) is 2.27. The highest BCUT2D eigenvalue weighted by Gasteiger charge is 2.22. The van der Waals surface area contributed by atoms with Crippen LogP contribution in [0.4, 0.5) is 0 Å². The molecule has 0 fully saturated rings. The molecule has 0 aromatic carbocycles. The van der Waals surface area contributed by atoms with Crippen LogP contribution < -0.4 is 5.32 Å². The van der Waals surface area contributed by atoms with Crippen LogP contribution in [0.25, 0.3) is 0 Å². The summed E-state index contributed by atoms with van der Waals surface area (Å²) in [6, 6.07) is 0. The normalized spacial score (nSPS) is 13.7. The van der Waals surface area contributed by atoms with Gasteiger partial charge in [0.1, 0.15) is 0 Å². The Kier molecular flexibility index (Phi) is 3.73. The Bertz CT molecular complexity index is 254. The van der Waals surface area contributed by atoms with Crippen LogP contribution in [0.2, 0.25) is 0 Å². The highest BCUT2D eigenvalue weighted by atomic mass is 32.2. The molecule has 0 amide bonds. The van der Waals surface area contributed by atoms with Crippen LogP contribution in [0.1, 0.15) is 20.8 Å². The molecule has 0 saturated carbocycles. The second kappa shape index (κ2) is 3.91. The lowest BCUT2D eigenvalue weighted by Crippen LogP contribution is -2.42. The summed E-state index contributed by atoms with van der Waals surface area (Å²) in [5.41, 5.74) is -0.639. The van der Waals surface area contributed by atoms with Gasteiger partial charge in [-0.1, -0.05) is 6.08 Å². The van der Waals surface area contributed by atoms with E-state index >= 15 is 0 Å². The molecule has 0 heterocycles. The van der Waals surface area contributed by atoms with E-state index in [2.05, 4.69) is 5.32 Å². The maximum absolute atomic E-state index is 10.5. The molecule has 4 nitrogen and oxygen atoms in total. The zero-order chi connectivity index (χ0) is 9.83. The van der Waals surface area contributed by atoms with E-state index in [4.69, 9.17) is 4.55 Å². The molecule has 0 radical (unpaired) electrons. The monoisotopic (exact) mass is 193 g/mol. The van der Waals surface area contributed by atoms with Crippen molar-refractivity contribution in [2.45, 2.75) is 26.3 Å². The highest BCUT2D eigenvalue weighted by molar-refractivity contribution is 7.85. The third kappa shape index (κ3) is 6.18. The van der Waals surface area contributed by atoms with Gasteiger partial charge in [-0.25, -0.2) is 0 Å². The van der Waals surface area contributed by atoms with Gasteiger partial charge < -0.3 is 5.32 Å². The molecule has 0 rings (SSSR count). The molecule has 2 N–H and O–H groups in total. The van der Waals surface area contributed by atoms with Crippen molar-refractivity contribution in [3.05, 3.63) is 12.3 Å². The molecule has 5 heteroatoms. The van der Waals surface area contributed by atoms with E-state index in [1.54, 1.807) is 26.1 Å². The van der Waals surface area contributed by atoms with Gasteiger partial charge in [0.05, 0.1) is 5.75 Å². The molecule has 12 heavy (non-hydrogen) atoms. The highest BCUT2D eigenvalue weighted by Crippen LogP contribution is 2.05. The molecular weight excluding hydrogens is 178 g/mol. The van der Waals surface area contributed by atoms with Gasteiger partial charge in [0, 0.05) is 5.54 Å². The van der Waals surface area contributed by atoms with Crippen LogP contribution in [0, 0.1) is 0 Å². The standard InChI is InChI=1S/C7H15NO3S/c1-4-5-8-7(2,3)6-12(9,10)11/h4-5,8H,6H2,1-3H3,(H,9,10,11). The summed E-state index contributed by atoms with van der Waals surface area (Å²) in [5, 5.41) is 2.85.